The number of hydrogen-bond donors (Lipinski definition) is 2. The summed E-state index contributed by atoms with van der Waals surface area (Å²) < 4.78 is 6.31. The summed E-state index contributed by atoms with van der Waals surface area (Å²) in [6.07, 6.45) is 6.29. The second-order valence-corrected chi connectivity index (χ2v) is 8.56. The number of carboxylic acids is 1. The Hall–Kier alpha value is -1.97. The van der Waals surface area contributed by atoms with Crippen LogP contribution in [0.1, 0.15) is 69.9 Å². The van der Waals surface area contributed by atoms with Crippen LogP contribution < -0.4 is 4.74 Å². The lowest BCUT2D eigenvalue weighted by molar-refractivity contribution is -0.147. The molecule has 0 aromatic heterocycles. The average Bonchev–Trinajstić information content (AvgIpc) is 2.43. The number of fused-ring (bicyclic) bond motifs is 3. The zero-order valence-corrected chi connectivity index (χ0v) is 15.1. The molecule has 1 fully saturated rings. The van der Waals surface area contributed by atoms with E-state index in [2.05, 4.69) is 26.8 Å². The Bertz CT molecular complexity index is 770. The van der Waals surface area contributed by atoms with Crippen LogP contribution in [-0.4, -0.2) is 21.8 Å². The second-order valence-electron chi connectivity index (χ2n) is 8.56. The van der Waals surface area contributed by atoms with E-state index >= 15 is 0 Å². The number of benzene rings is 1. The van der Waals surface area contributed by atoms with Gasteiger partial charge in [0.25, 0.3) is 0 Å². The minimum atomic E-state index is -0.862. The van der Waals surface area contributed by atoms with Gasteiger partial charge in [0, 0.05) is 17.4 Å². The fraction of sp³-hybridized carbons (Fsp3) is 0.571. The normalized spacial score (nSPS) is 28.7. The van der Waals surface area contributed by atoms with Gasteiger partial charge in [-0.3, -0.25) is 4.79 Å². The van der Waals surface area contributed by atoms with E-state index in [0.717, 1.165) is 24.8 Å². The van der Waals surface area contributed by atoms with Gasteiger partial charge in [0.05, 0.1) is 5.41 Å². The van der Waals surface area contributed by atoms with Crippen molar-refractivity contribution in [2.75, 3.05) is 0 Å². The fourth-order valence-electron chi connectivity index (χ4n) is 5.00. The monoisotopic (exact) mass is 342 g/mol. The molecular formula is C21H26O4. The van der Waals surface area contributed by atoms with E-state index in [4.69, 9.17) is 4.74 Å². The lowest BCUT2D eigenvalue weighted by atomic mass is 9.63. The van der Waals surface area contributed by atoms with Gasteiger partial charge in [-0.1, -0.05) is 18.1 Å². The van der Waals surface area contributed by atoms with Crippen LogP contribution in [0.2, 0.25) is 0 Å². The molecule has 4 nitrogen and oxygen atoms in total. The Morgan fingerprint density at radius 1 is 1.28 bits per heavy atom. The van der Waals surface area contributed by atoms with Gasteiger partial charge in [0.15, 0.2) is 0 Å². The zero-order valence-electron chi connectivity index (χ0n) is 15.1. The number of hydrogen-bond acceptors (Lipinski definition) is 3. The van der Waals surface area contributed by atoms with Crippen LogP contribution in [0.5, 0.6) is 11.5 Å². The van der Waals surface area contributed by atoms with Crippen molar-refractivity contribution in [1.29, 1.82) is 0 Å². The molecule has 0 amide bonds. The molecule has 1 heterocycles. The lowest BCUT2D eigenvalue weighted by Crippen LogP contribution is -2.46. The minimum absolute atomic E-state index is 0.195. The van der Waals surface area contributed by atoms with E-state index in [-0.39, 0.29) is 17.3 Å². The highest BCUT2D eigenvalue weighted by Gasteiger charge is 2.49. The second kappa shape index (κ2) is 5.26. The molecule has 4 heteroatoms. The molecule has 4 rings (SSSR count). The van der Waals surface area contributed by atoms with E-state index in [9.17, 15) is 15.0 Å². The molecule has 0 saturated heterocycles. The predicted molar refractivity (Wildman–Crippen MR) is 95.2 cm³/mol. The number of phenolic OH excluding ortho intramolecular Hbond substituents is 1. The molecule has 1 aromatic carbocycles. The van der Waals surface area contributed by atoms with Gasteiger partial charge in [0.2, 0.25) is 0 Å². The Balaban J connectivity index is 1.84. The van der Waals surface area contributed by atoms with E-state index in [0.29, 0.717) is 30.1 Å². The molecule has 2 atom stereocenters. The predicted octanol–water partition coefficient (Wildman–Crippen LogP) is 4.51. The molecule has 2 aliphatic carbocycles. The van der Waals surface area contributed by atoms with Crippen molar-refractivity contribution in [3.05, 3.63) is 34.9 Å². The van der Waals surface area contributed by atoms with Crippen molar-refractivity contribution in [3.8, 4) is 11.5 Å². The van der Waals surface area contributed by atoms with Gasteiger partial charge in [0.1, 0.15) is 17.1 Å². The summed E-state index contributed by atoms with van der Waals surface area (Å²) >= 11 is 0. The first-order chi connectivity index (χ1) is 11.7. The largest absolute Gasteiger partial charge is 0.508 e. The number of phenols is 1. The Morgan fingerprint density at radius 3 is 2.60 bits per heavy atom. The van der Waals surface area contributed by atoms with Gasteiger partial charge < -0.3 is 14.9 Å². The van der Waals surface area contributed by atoms with E-state index in [1.807, 2.05) is 6.07 Å². The van der Waals surface area contributed by atoms with Crippen LogP contribution in [0.15, 0.2) is 23.8 Å². The number of ether oxygens (including phenoxy) is 1. The van der Waals surface area contributed by atoms with Crippen LogP contribution in [0.3, 0.4) is 0 Å². The first-order valence-corrected chi connectivity index (χ1v) is 9.20. The summed E-state index contributed by atoms with van der Waals surface area (Å²) in [6, 6.07) is 3.56. The van der Waals surface area contributed by atoms with Crippen LogP contribution in [-0.2, 0) is 10.2 Å². The molecule has 1 saturated carbocycles. The summed E-state index contributed by atoms with van der Waals surface area (Å²) in [4.78, 5) is 11.9. The highest BCUT2D eigenvalue weighted by atomic mass is 16.5. The van der Waals surface area contributed by atoms with Crippen molar-refractivity contribution >= 4 is 5.97 Å². The standard InChI is InChI=1S/C21H26O4/c1-12-5-6-15-14(9-12)18-16(22)10-13(11-17(18)25-20(15,2)3)21(19(23)24)7-4-8-21/h5,10-11,14-15,22H,4,6-9H2,1-3H3,(H,23,24). The lowest BCUT2D eigenvalue weighted by Gasteiger charge is -2.47. The summed E-state index contributed by atoms with van der Waals surface area (Å²) in [5.41, 5.74) is 1.68. The Kier molecular flexibility index (Phi) is 3.47. The zero-order chi connectivity index (χ0) is 18.0. The van der Waals surface area contributed by atoms with Crippen molar-refractivity contribution in [2.24, 2.45) is 5.92 Å². The maximum Gasteiger partial charge on any atom is 0.314 e. The summed E-state index contributed by atoms with van der Waals surface area (Å²) in [6.45, 7) is 6.34. The SMILES string of the molecule is CC1=CCC2C(C1)c1c(O)cc(C3(C(=O)O)CCC3)cc1OC2(C)C. The molecule has 3 aliphatic rings. The number of allylic oxidation sites excluding steroid dienone is 2. The third-order valence-corrected chi connectivity index (χ3v) is 6.67. The topological polar surface area (TPSA) is 66.8 Å². The highest BCUT2D eigenvalue weighted by molar-refractivity contribution is 5.83. The van der Waals surface area contributed by atoms with Crippen molar-refractivity contribution in [3.63, 3.8) is 0 Å². The van der Waals surface area contributed by atoms with Gasteiger partial charge in [-0.25, -0.2) is 0 Å². The van der Waals surface area contributed by atoms with Gasteiger partial charge in [-0.15, -0.1) is 0 Å². The van der Waals surface area contributed by atoms with Crippen LogP contribution >= 0.6 is 0 Å². The molecule has 0 bridgehead atoms. The van der Waals surface area contributed by atoms with Crippen LogP contribution in [0.25, 0.3) is 0 Å². The molecule has 0 spiro atoms. The number of carbonyl (C=O) groups is 1. The van der Waals surface area contributed by atoms with E-state index in [1.54, 1.807) is 6.07 Å². The van der Waals surface area contributed by atoms with Gasteiger partial charge in [-0.2, -0.15) is 0 Å². The highest BCUT2D eigenvalue weighted by Crippen LogP contribution is 2.56. The van der Waals surface area contributed by atoms with Gasteiger partial charge in [-0.05, 0) is 64.2 Å². The first-order valence-electron chi connectivity index (χ1n) is 9.20. The molecule has 134 valence electrons. The summed E-state index contributed by atoms with van der Waals surface area (Å²) in [7, 11) is 0. The molecule has 0 radical (unpaired) electrons. The van der Waals surface area contributed by atoms with E-state index < -0.39 is 11.4 Å². The Morgan fingerprint density at radius 2 is 2.00 bits per heavy atom. The van der Waals surface area contributed by atoms with Crippen LogP contribution in [0.4, 0.5) is 0 Å². The van der Waals surface area contributed by atoms with Crippen molar-refractivity contribution < 1.29 is 19.7 Å². The molecule has 2 unspecified atom stereocenters. The molecule has 1 aromatic rings. The maximum atomic E-state index is 11.9. The molecule has 25 heavy (non-hydrogen) atoms. The summed E-state index contributed by atoms with van der Waals surface area (Å²) in [5.74, 6) is 0.601. The number of rotatable bonds is 2. The third kappa shape index (κ3) is 2.30. The number of aliphatic carboxylic acids is 1. The molecular weight excluding hydrogens is 316 g/mol. The third-order valence-electron chi connectivity index (χ3n) is 6.67. The molecule has 2 N–H and O–H groups in total. The maximum absolute atomic E-state index is 11.9. The summed E-state index contributed by atoms with van der Waals surface area (Å²) in [5, 5.41) is 20.5. The fourth-order valence-corrected chi connectivity index (χ4v) is 5.00. The number of aromatic hydroxyl groups is 1. The average molecular weight is 342 g/mol. The van der Waals surface area contributed by atoms with Crippen molar-refractivity contribution in [2.45, 2.75) is 69.8 Å². The van der Waals surface area contributed by atoms with E-state index in [1.165, 1.54) is 5.57 Å². The first kappa shape index (κ1) is 16.5. The number of carboxylic acid groups (broad SMARTS) is 1. The van der Waals surface area contributed by atoms with Crippen molar-refractivity contribution in [1.82, 2.24) is 0 Å². The van der Waals surface area contributed by atoms with Crippen LogP contribution in [0, 0.1) is 5.92 Å². The quantitative estimate of drug-likeness (QED) is 0.776. The minimum Gasteiger partial charge on any atom is -0.508 e. The smallest absolute Gasteiger partial charge is 0.314 e. The van der Waals surface area contributed by atoms with Gasteiger partial charge >= 0.3 is 5.97 Å². The molecule has 1 aliphatic heterocycles. The Labute approximate surface area is 148 Å².